The molecule has 0 saturated carbocycles. The largest absolute Gasteiger partial charge is 0.317 e. The molecule has 2 aliphatic rings. The zero-order valence-electron chi connectivity index (χ0n) is 17.8. The Morgan fingerprint density at radius 1 is 1.00 bits per heavy atom. The van der Waals surface area contributed by atoms with Crippen LogP contribution in [0.4, 0.5) is 0 Å². The van der Waals surface area contributed by atoms with E-state index in [-0.39, 0.29) is 0 Å². The van der Waals surface area contributed by atoms with Crippen LogP contribution in [0.1, 0.15) is 61.1 Å². The minimum Gasteiger partial charge on any atom is -0.317 e. The second kappa shape index (κ2) is 8.74. The fourth-order valence-corrected chi connectivity index (χ4v) is 4.82. The van der Waals surface area contributed by atoms with Gasteiger partial charge in [-0.2, -0.15) is 5.10 Å². The molecule has 2 aromatic rings. The highest BCUT2D eigenvalue weighted by molar-refractivity contribution is 5.06. The van der Waals surface area contributed by atoms with E-state index >= 15 is 0 Å². The Kier molecular flexibility index (Phi) is 6.11. The van der Waals surface area contributed by atoms with Crippen molar-refractivity contribution in [3.63, 3.8) is 0 Å². The number of likely N-dealkylation sites (tertiary alicyclic amines) is 2. The van der Waals surface area contributed by atoms with Crippen molar-refractivity contribution in [2.45, 2.75) is 65.0 Å². The SMILES string of the molecule is Cc1cc(C)n(CCCN2CCCC(c3nnc(CN4CCCC4)n3C)C2)n1. The van der Waals surface area contributed by atoms with E-state index in [1.54, 1.807) is 0 Å². The van der Waals surface area contributed by atoms with Crippen molar-refractivity contribution in [3.05, 3.63) is 29.1 Å². The summed E-state index contributed by atoms with van der Waals surface area (Å²) in [4.78, 5) is 5.11. The van der Waals surface area contributed by atoms with Crippen LogP contribution in [-0.4, -0.2) is 67.1 Å². The third-order valence-electron chi connectivity index (χ3n) is 6.38. The molecule has 0 spiro atoms. The highest BCUT2D eigenvalue weighted by Gasteiger charge is 2.26. The summed E-state index contributed by atoms with van der Waals surface area (Å²) in [5.74, 6) is 2.81. The molecule has 2 aromatic heterocycles. The first kappa shape index (κ1) is 19.6. The maximum atomic E-state index is 4.60. The lowest BCUT2D eigenvalue weighted by atomic mass is 9.97. The third kappa shape index (κ3) is 4.46. The molecule has 0 radical (unpaired) electrons. The van der Waals surface area contributed by atoms with Crippen molar-refractivity contribution >= 4 is 0 Å². The van der Waals surface area contributed by atoms with Gasteiger partial charge in [0.05, 0.1) is 12.2 Å². The van der Waals surface area contributed by atoms with Crippen LogP contribution < -0.4 is 0 Å². The van der Waals surface area contributed by atoms with Gasteiger partial charge >= 0.3 is 0 Å². The number of nitrogens with zero attached hydrogens (tertiary/aromatic N) is 7. The Morgan fingerprint density at radius 2 is 1.79 bits per heavy atom. The average Bonchev–Trinajstić information content (AvgIpc) is 3.39. The van der Waals surface area contributed by atoms with Gasteiger partial charge in [-0.15, -0.1) is 10.2 Å². The smallest absolute Gasteiger partial charge is 0.146 e. The van der Waals surface area contributed by atoms with Gasteiger partial charge in [0.2, 0.25) is 0 Å². The molecule has 2 aliphatic heterocycles. The van der Waals surface area contributed by atoms with E-state index in [2.05, 4.69) is 61.3 Å². The van der Waals surface area contributed by atoms with Crippen LogP contribution in [-0.2, 0) is 20.1 Å². The van der Waals surface area contributed by atoms with E-state index in [0.717, 1.165) is 44.1 Å². The first-order chi connectivity index (χ1) is 13.6. The van der Waals surface area contributed by atoms with Crippen LogP contribution in [0.15, 0.2) is 6.07 Å². The molecule has 2 fully saturated rings. The van der Waals surface area contributed by atoms with Crippen LogP contribution in [0.5, 0.6) is 0 Å². The molecule has 2 saturated heterocycles. The minimum atomic E-state index is 0.507. The molecule has 7 heteroatoms. The molecule has 28 heavy (non-hydrogen) atoms. The number of aryl methyl sites for hydroxylation is 3. The molecule has 7 nitrogen and oxygen atoms in total. The van der Waals surface area contributed by atoms with Crippen LogP contribution in [0.2, 0.25) is 0 Å². The molecule has 1 atom stereocenters. The summed E-state index contributed by atoms with van der Waals surface area (Å²) in [6.07, 6.45) is 6.26. The van der Waals surface area contributed by atoms with E-state index in [9.17, 15) is 0 Å². The minimum absolute atomic E-state index is 0.507. The van der Waals surface area contributed by atoms with Crippen molar-refractivity contribution in [3.8, 4) is 0 Å². The summed E-state index contributed by atoms with van der Waals surface area (Å²) >= 11 is 0. The van der Waals surface area contributed by atoms with E-state index in [4.69, 9.17) is 0 Å². The van der Waals surface area contributed by atoms with E-state index in [1.807, 2.05) is 0 Å². The van der Waals surface area contributed by atoms with Gasteiger partial charge in [0.15, 0.2) is 0 Å². The summed E-state index contributed by atoms with van der Waals surface area (Å²) in [6, 6.07) is 2.16. The van der Waals surface area contributed by atoms with E-state index in [1.165, 1.54) is 56.8 Å². The predicted octanol–water partition coefficient (Wildman–Crippen LogP) is 2.49. The standard InChI is InChI=1S/C21H35N7/c1-17-14-18(2)28(24-17)13-7-12-26-11-6-8-19(15-26)21-23-22-20(25(21)3)16-27-9-4-5-10-27/h14,19H,4-13,15-16H2,1-3H3. The number of piperidine rings is 1. The summed E-state index contributed by atoms with van der Waals surface area (Å²) in [5, 5.41) is 13.7. The molecule has 0 N–H and O–H groups in total. The van der Waals surface area contributed by atoms with Crippen LogP contribution in [0.3, 0.4) is 0 Å². The lowest BCUT2D eigenvalue weighted by Crippen LogP contribution is -2.36. The molecule has 1 unspecified atom stereocenters. The zero-order chi connectivity index (χ0) is 19.5. The molecule has 0 amide bonds. The topological polar surface area (TPSA) is 55.0 Å². The van der Waals surface area contributed by atoms with Crippen molar-refractivity contribution in [2.75, 3.05) is 32.7 Å². The number of aromatic nitrogens is 5. The molecule has 0 bridgehead atoms. The van der Waals surface area contributed by atoms with Crippen LogP contribution >= 0.6 is 0 Å². The second-order valence-corrected chi connectivity index (χ2v) is 8.66. The fourth-order valence-electron chi connectivity index (χ4n) is 4.82. The van der Waals surface area contributed by atoms with Gasteiger partial charge in [-0.25, -0.2) is 0 Å². The van der Waals surface area contributed by atoms with Crippen molar-refractivity contribution in [2.24, 2.45) is 7.05 Å². The number of rotatable bonds is 7. The first-order valence-electron chi connectivity index (χ1n) is 10.9. The molecular formula is C21H35N7. The second-order valence-electron chi connectivity index (χ2n) is 8.66. The maximum Gasteiger partial charge on any atom is 0.146 e. The monoisotopic (exact) mass is 385 g/mol. The first-order valence-corrected chi connectivity index (χ1v) is 10.9. The Hall–Kier alpha value is -1.73. The summed E-state index contributed by atoms with van der Waals surface area (Å²) in [5.41, 5.74) is 2.38. The Labute approximate surface area is 168 Å². The molecule has 4 heterocycles. The average molecular weight is 386 g/mol. The Morgan fingerprint density at radius 3 is 2.54 bits per heavy atom. The molecular weight excluding hydrogens is 350 g/mol. The van der Waals surface area contributed by atoms with Gasteiger partial charge < -0.3 is 9.47 Å². The van der Waals surface area contributed by atoms with Gasteiger partial charge in [-0.05, 0) is 78.2 Å². The van der Waals surface area contributed by atoms with Gasteiger partial charge in [0, 0.05) is 31.7 Å². The maximum absolute atomic E-state index is 4.60. The van der Waals surface area contributed by atoms with Crippen LogP contribution in [0, 0.1) is 13.8 Å². The number of hydrogen-bond acceptors (Lipinski definition) is 5. The fraction of sp³-hybridized carbons (Fsp3) is 0.762. The van der Waals surface area contributed by atoms with Gasteiger partial charge in [0.25, 0.3) is 0 Å². The van der Waals surface area contributed by atoms with E-state index < -0.39 is 0 Å². The van der Waals surface area contributed by atoms with Crippen LogP contribution in [0.25, 0.3) is 0 Å². The molecule has 4 rings (SSSR count). The summed E-state index contributed by atoms with van der Waals surface area (Å²) < 4.78 is 4.41. The van der Waals surface area contributed by atoms with Crippen molar-refractivity contribution in [1.29, 1.82) is 0 Å². The third-order valence-corrected chi connectivity index (χ3v) is 6.38. The van der Waals surface area contributed by atoms with Crippen molar-refractivity contribution < 1.29 is 0 Å². The normalized spacial score (nSPS) is 21.6. The highest BCUT2D eigenvalue weighted by Crippen LogP contribution is 2.26. The summed E-state index contributed by atoms with van der Waals surface area (Å²) in [7, 11) is 2.16. The Bertz CT molecular complexity index is 772. The summed E-state index contributed by atoms with van der Waals surface area (Å²) in [6.45, 7) is 12.0. The quantitative estimate of drug-likeness (QED) is 0.733. The zero-order valence-corrected chi connectivity index (χ0v) is 17.8. The van der Waals surface area contributed by atoms with Gasteiger partial charge in [-0.3, -0.25) is 9.58 Å². The van der Waals surface area contributed by atoms with Gasteiger partial charge in [-0.1, -0.05) is 0 Å². The lowest BCUT2D eigenvalue weighted by molar-refractivity contribution is 0.196. The van der Waals surface area contributed by atoms with Crippen molar-refractivity contribution in [1.82, 2.24) is 34.3 Å². The number of hydrogen-bond donors (Lipinski definition) is 0. The van der Waals surface area contributed by atoms with E-state index in [0.29, 0.717) is 5.92 Å². The highest BCUT2D eigenvalue weighted by atomic mass is 15.3. The predicted molar refractivity (Wildman–Crippen MR) is 110 cm³/mol. The molecule has 0 aromatic carbocycles. The Balaban J connectivity index is 1.31. The van der Waals surface area contributed by atoms with Gasteiger partial charge in [0.1, 0.15) is 11.6 Å². The molecule has 154 valence electrons. The lowest BCUT2D eigenvalue weighted by Gasteiger charge is -2.32. The molecule has 0 aliphatic carbocycles.